The SMILES string of the molecule is COc1ccc(Nc2nc(Cl)nc(NCC3CCCCC3)n2)cc1F. The summed E-state index contributed by atoms with van der Waals surface area (Å²) in [6.07, 6.45) is 6.32. The van der Waals surface area contributed by atoms with Gasteiger partial charge >= 0.3 is 0 Å². The zero-order valence-electron chi connectivity index (χ0n) is 14.1. The van der Waals surface area contributed by atoms with Gasteiger partial charge in [-0.15, -0.1) is 0 Å². The Morgan fingerprint density at radius 3 is 2.64 bits per heavy atom. The van der Waals surface area contributed by atoms with Crippen molar-refractivity contribution in [2.75, 3.05) is 24.3 Å². The Kier molecular flexibility index (Phi) is 5.86. The third-order valence-electron chi connectivity index (χ3n) is 4.29. The van der Waals surface area contributed by atoms with Crippen LogP contribution in [0.1, 0.15) is 32.1 Å². The van der Waals surface area contributed by atoms with Crippen LogP contribution in [0, 0.1) is 11.7 Å². The van der Waals surface area contributed by atoms with Gasteiger partial charge in [0.05, 0.1) is 7.11 Å². The van der Waals surface area contributed by atoms with Gasteiger partial charge in [-0.25, -0.2) is 4.39 Å². The number of benzene rings is 1. The molecule has 1 aliphatic carbocycles. The van der Waals surface area contributed by atoms with E-state index in [0.29, 0.717) is 17.6 Å². The molecule has 0 aliphatic heterocycles. The van der Waals surface area contributed by atoms with Gasteiger partial charge in [-0.3, -0.25) is 0 Å². The van der Waals surface area contributed by atoms with E-state index in [1.807, 2.05) is 0 Å². The molecule has 0 unspecified atom stereocenters. The highest BCUT2D eigenvalue weighted by Crippen LogP contribution is 2.25. The molecule has 25 heavy (non-hydrogen) atoms. The van der Waals surface area contributed by atoms with Crippen LogP contribution in [0.4, 0.5) is 22.0 Å². The first-order chi connectivity index (χ1) is 12.1. The molecule has 0 saturated heterocycles. The molecular weight excluding hydrogens is 345 g/mol. The average Bonchev–Trinajstić information content (AvgIpc) is 2.61. The van der Waals surface area contributed by atoms with Crippen LogP contribution in [0.5, 0.6) is 5.75 Å². The number of hydrogen-bond acceptors (Lipinski definition) is 6. The predicted molar refractivity (Wildman–Crippen MR) is 96.1 cm³/mol. The normalized spacial score (nSPS) is 15.0. The van der Waals surface area contributed by atoms with Crippen molar-refractivity contribution in [3.05, 3.63) is 29.3 Å². The lowest BCUT2D eigenvalue weighted by Crippen LogP contribution is -2.18. The summed E-state index contributed by atoms with van der Waals surface area (Å²) in [4.78, 5) is 12.4. The minimum atomic E-state index is -0.469. The maximum absolute atomic E-state index is 13.8. The number of aromatic nitrogens is 3. The summed E-state index contributed by atoms with van der Waals surface area (Å²) in [5, 5.41) is 6.24. The van der Waals surface area contributed by atoms with E-state index in [9.17, 15) is 4.39 Å². The van der Waals surface area contributed by atoms with E-state index in [2.05, 4.69) is 25.6 Å². The predicted octanol–water partition coefficient (Wildman–Crippen LogP) is 4.41. The van der Waals surface area contributed by atoms with Gasteiger partial charge in [0.25, 0.3) is 0 Å². The van der Waals surface area contributed by atoms with Crippen molar-refractivity contribution in [3.63, 3.8) is 0 Å². The van der Waals surface area contributed by atoms with Crippen LogP contribution in [0.3, 0.4) is 0 Å². The lowest BCUT2D eigenvalue weighted by atomic mass is 9.89. The molecular formula is C17H21ClFN5O. The third-order valence-corrected chi connectivity index (χ3v) is 4.46. The minimum absolute atomic E-state index is 0.0811. The monoisotopic (exact) mass is 365 g/mol. The standard InChI is InChI=1S/C17H21ClFN5O/c1-25-14-8-7-12(9-13(14)19)21-17-23-15(18)22-16(24-17)20-10-11-5-3-2-4-6-11/h7-9,11H,2-6,10H2,1H3,(H2,20,21,22,23,24). The third kappa shape index (κ3) is 4.92. The van der Waals surface area contributed by atoms with Crippen molar-refractivity contribution in [2.45, 2.75) is 32.1 Å². The molecule has 1 heterocycles. The quantitative estimate of drug-likeness (QED) is 0.790. The van der Waals surface area contributed by atoms with E-state index in [1.54, 1.807) is 6.07 Å². The molecule has 1 aliphatic rings. The number of hydrogen-bond donors (Lipinski definition) is 2. The number of ether oxygens (including phenoxy) is 1. The molecule has 1 aromatic heterocycles. The van der Waals surface area contributed by atoms with Crippen molar-refractivity contribution in [2.24, 2.45) is 5.92 Å². The van der Waals surface area contributed by atoms with Crippen molar-refractivity contribution in [1.29, 1.82) is 0 Å². The lowest BCUT2D eigenvalue weighted by molar-refractivity contribution is 0.373. The molecule has 1 aromatic carbocycles. The molecule has 0 bridgehead atoms. The van der Waals surface area contributed by atoms with Crippen molar-refractivity contribution in [3.8, 4) is 5.75 Å². The molecule has 6 nitrogen and oxygen atoms in total. The highest BCUT2D eigenvalue weighted by atomic mass is 35.5. The largest absolute Gasteiger partial charge is 0.494 e. The van der Waals surface area contributed by atoms with Crippen LogP contribution in [0.25, 0.3) is 0 Å². The lowest BCUT2D eigenvalue weighted by Gasteiger charge is -2.21. The molecule has 134 valence electrons. The Labute approximate surface area is 151 Å². The first-order valence-corrected chi connectivity index (χ1v) is 8.78. The van der Waals surface area contributed by atoms with E-state index < -0.39 is 5.82 Å². The number of methoxy groups -OCH3 is 1. The van der Waals surface area contributed by atoms with Gasteiger partial charge < -0.3 is 15.4 Å². The van der Waals surface area contributed by atoms with E-state index >= 15 is 0 Å². The number of anilines is 3. The highest BCUT2D eigenvalue weighted by molar-refractivity contribution is 6.28. The fourth-order valence-electron chi connectivity index (χ4n) is 2.99. The fraction of sp³-hybridized carbons (Fsp3) is 0.471. The van der Waals surface area contributed by atoms with Gasteiger partial charge in [-0.1, -0.05) is 19.3 Å². The zero-order chi connectivity index (χ0) is 17.6. The second-order valence-corrected chi connectivity index (χ2v) is 6.45. The topological polar surface area (TPSA) is 72.0 Å². The maximum atomic E-state index is 13.8. The Morgan fingerprint density at radius 1 is 1.16 bits per heavy atom. The Bertz CT molecular complexity index is 724. The molecule has 0 spiro atoms. The van der Waals surface area contributed by atoms with Crippen LogP contribution in [-0.4, -0.2) is 28.6 Å². The summed E-state index contributed by atoms with van der Waals surface area (Å²) in [6, 6.07) is 4.52. The van der Waals surface area contributed by atoms with E-state index in [0.717, 1.165) is 6.54 Å². The molecule has 2 aromatic rings. The van der Waals surface area contributed by atoms with Gasteiger partial charge in [0.1, 0.15) is 0 Å². The Hall–Kier alpha value is -2.15. The number of halogens is 2. The molecule has 0 atom stereocenters. The van der Waals surface area contributed by atoms with Gasteiger partial charge in [0.2, 0.25) is 17.2 Å². The molecule has 3 rings (SSSR count). The fourth-order valence-corrected chi connectivity index (χ4v) is 3.15. The van der Waals surface area contributed by atoms with Gasteiger partial charge in [-0.2, -0.15) is 15.0 Å². The summed E-state index contributed by atoms with van der Waals surface area (Å²) < 4.78 is 18.7. The van der Waals surface area contributed by atoms with E-state index in [-0.39, 0.29) is 17.0 Å². The van der Waals surface area contributed by atoms with E-state index in [4.69, 9.17) is 16.3 Å². The summed E-state index contributed by atoms with van der Waals surface area (Å²) in [6.45, 7) is 0.816. The summed E-state index contributed by atoms with van der Waals surface area (Å²) in [5.74, 6) is 1.02. The van der Waals surface area contributed by atoms with Crippen LogP contribution in [0.15, 0.2) is 18.2 Å². The molecule has 0 radical (unpaired) electrons. The van der Waals surface area contributed by atoms with Crippen LogP contribution in [-0.2, 0) is 0 Å². The Balaban J connectivity index is 1.67. The second-order valence-electron chi connectivity index (χ2n) is 6.11. The maximum Gasteiger partial charge on any atom is 0.233 e. The first kappa shape index (κ1) is 17.7. The van der Waals surface area contributed by atoms with Gasteiger partial charge in [0, 0.05) is 18.3 Å². The highest BCUT2D eigenvalue weighted by Gasteiger charge is 2.14. The smallest absolute Gasteiger partial charge is 0.233 e. The van der Waals surface area contributed by atoms with Crippen LogP contribution >= 0.6 is 11.6 Å². The summed E-state index contributed by atoms with van der Waals surface area (Å²) in [7, 11) is 1.42. The van der Waals surface area contributed by atoms with Gasteiger partial charge in [0.15, 0.2) is 11.6 Å². The summed E-state index contributed by atoms with van der Waals surface area (Å²) in [5.41, 5.74) is 0.499. The molecule has 0 amide bonds. The zero-order valence-corrected chi connectivity index (χ0v) is 14.8. The van der Waals surface area contributed by atoms with E-state index in [1.165, 1.54) is 51.3 Å². The van der Waals surface area contributed by atoms with Gasteiger partial charge in [-0.05, 0) is 42.5 Å². The van der Waals surface area contributed by atoms with Crippen molar-refractivity contribution in [1.82, 2.24) is 15.0 Å². The minimum Gasteiger partial charge on any atom is -0.494 e. The molecule has 8 heteroatoms. The van der Waals surface area contributed by atoms with Crippen LogP contribution in [0.2, 0.25) is 5.28 Å². The number of nitrogens with one attached hydrogen (secondary N) is 2. The molecule has 1 fully saturated rings. The number of nitrogens with zero attached hydrogens (tertiary/aromatic N) is 3. The Morgan fingerprint density at radius 2 is 1.92 bits per heavy atom. The molecule has 1 saturated carbocycles. The number of rotatable bonds is 6. The molecule has 2 N–H and O–H groups in total. The average molecular weight is 366 g/mol. The van der Waals surface area contributed by atoms with Crippen molar-refractivity contribution < 1.29 is 9.13 Å². The van der Waals surface area contributed by atoms with Crippen molar-refractivity contribution >= 4 is 29.2 Å². The first-order valence-electron chi connectivity index (χ1n) is 8.40. The summed E-state index contributed by atoms with van der Waals surface area (Å²) >= 11 is 5.98. The van der Waals surface area contributed by atoms with Crippen LogP contribution < -0.4 is 15.4 Å². The second kappa shape index (κ2) is 8.29.